The largest absolute Gasteiger partial charge is 0.396 e. The molecule has 17 heavy (non-hydrogen) atoms. The monoisotopic (exact) mass is 231 g/mol. The molecular weight excluding hydrogens is 210 g/mol. The van der Waals surface area contributed by atoms with Crippen molar-refractivity contribution in [3.05, 3.63) is 35.9 Å². The molecule has 92 valence electrons. The van der Waals surface area contributed by atoms with Gasteiger partial charge in [-0.2, -0.15) is 0 Å². The third kappa shape index (κ3) is 3.34. The van der Waals surface area contributed by atoms with Crippen molar-refractivity contribution in [1.29, 1.82) is 0 Å². The Balaban J connectivity index is 2.14. The van der Waals surface area contributed by atoms with E-state index in [4.69, 9.17) is 5.11 Å². The number of aliphatic hydroxyl groups excluding tert-OH is 1. The Morgan fingerprint density at radius 2 is 1.88 bits per heavy atom. The van der Waals surface area contributed by atoms with Gasteiger partial charge >= 0.3 is 0 Å². The lowest BCUT2D eigenvalue weighted by molar-refractivity contribution is 0.303. The van der Waals surface area contributed by atoms with Gasteiger partial charge in [0.05, 0.1) is 0 Å². The summed E-state index contributed by atoms with van der Waals surface area (Å²) in [6.45, 7) is 2.57. The molecule has 2 nitrogen and oxygen atoms in total. The Morgan fingerprint density at radius 3 is 2.65 bits per heavy atom. The maximum Gasteiger partial charge on any atom is 0.0465 e. The summed E-state index contributed by atoms with van der Waals surface area (Å²) in [6, 6.07) is 8.53. The number of anilines is 1. The fourth-order valence-electron chi connectivity index (χ4n) is 2.34. The molecule has 1 N–H and O–H groups in total. The maximum atomic E-state index is 8.80. The molecule has 1 aromatic rings. The van der Waals surface area contributed by atoms with Gasteiger partial charge in [0.15, 0.2) is 0 Å². The smallest absolute Gasteiger partial charge is 0.0465 e. The summed E-state index contributed by atoms with van der Waals surface area (Å²) < 4.78 is 0. The zero-order valence-electron chi connectivity index (χ0n) is 10.3. The first-order chi connectivity index (χ1) is 8.42. The van der Waals surface area contributed by atoms with E-state index in [-0.39, 0.29) is 6.61 Å². The minimum absolute atomic E-state index is 0.225. The predicted octanol–water partition coefficient (Wildman–Crippen LogP) is 3.07. The van der Waals surface area contributed by atoms with E-state index in [0.717, 1.165) is 6.42 Å². The summed E-state index contributed by atoms with van der Waals surface area (Å²) >= 11 is 0. The van der Waals surface area contributed by atoms with Gasteiger partial charge in [-0.1, -0.05) is 30.4 Å². The van der Waals surface area contributed by atoms with Crippen LogP contribution in [0, 0.1) is 0 Å². The Bertz CT molecular complexity index is 367. The maximum absolute atomic E-state index is 8.80. The molecule has 0 aliphatic carbocycles. The Labute approximate surface area is 104 Å². The molecule has 1 saturated heterocycles. The zero-order chi connectivity index (χ0) is 11.9. The molecule has 2 rings (SSSR count). The third-order valence-electron chi connectivity index (χ3n) is 3.23. The van der Waals surface area contributed by atoms with Crippen molar-refractivity contribution >= 4 is 11.8 Å². The van der Waals surface area contributed by atoms with Crippen molar-refractivity contribution in [3.8, 4) is 0 Å². The Hall–Kier alpha value is -1.28. The minimum Gasteiger partial charge on any atom is -0.396 e. The van der Waals surface area contributed by atoms with Gasteiger partial charge in [0.2, 0.25) is 0 Å². The van der Waals surface area contributed by atoms with Crippen LogP contribution in [0.1, 0.15) is 31.2 Å². The number of para-hydroxylation sites is 1. The first kappa shape index (κ1) is 12.2. The normalized spacial score (nSPS) is 16.6. The van der Waals surface area contributed by atoms with Crippen LogP contribution in [-0.2, 0) is 0 Å². The van der Waals surface area contributed by atoms with Crippen molar-refractivity contribution in [1.82, 2.24) is 0 Å². The average molecular weight is 231 g/mol. The van der Waals surface area contributed by atoms with Gasteiger partial charge in [0.1, 0.15) is 0 Å². The lowest BCUT2D eigenvalue weighted by atomic mass is 10.1. The standard InChI is InChI=1S/C15H21NO/c17-13-7-4-9-14-8-2-3-10-15(14)16-11-5-1-6-12-16/h2-4,8-10,17H,1,5-7,11-13H2. The number of hydrogen-bond donors (Lipinski definition) is 1. The summed E-state index contributed by atoms with van der Waals surface area (Å²) in [6.07, 6.45) is 8.86. The van der Waals surface area contributed by atoms with Crippen LogP contribution in [0.4, 0.5) is 5.69 Å². The highest BCUT2D eigenvalue weighted by Crippen LogP contribution is 2.25. The van der Waals surface area contributed by atoms with Crippen LogP contribution in [0.25, 0.3) is 6.08 Å². The van der Waals surface area contributed by atoms with Crippen LogP contribution < -0.4 is 4.90 Å². The van der Waals surface area contributed by atoms with Gasteiger partial charge in [-0.3, -0.25) is 0 Å². The van der Waals surface area contributed by atoms with E-state index >= 15 is 0 Å². The summed E-state index contributed by atoms with van der Waals surface area (Å²) in [5.74, 6) is 0. The van der Waals surface area contributed by atoms with Crippen LogP contribution in [0.15, 0.2) is 30.3 Å². The summed E-state index contributed by atoms with van der Waals surface area (Å²) in [4.78, 5) is 2.47. The molecule has 0 spiro atoms. The van der Waals surface area contributed by atoms with Crippen molar-refractivity contribution in [2.75, 3.05) is 24.6 Å². The van der Waals surface area contributed by atoms with Crippen molar-refractivity contribution in [3.63, 3.8) is 0 Å². The molecule has 1 fully saturated rings. The van der Waals surface area contributed by atoms with Crippen LogP contribution in [0.2, 0.25) is 0 Å². The number of nitrogens with zero attached hydrogens (tertiary/aromatic N) is 1. The van der Waals surface area contributed by atoms with Crippen LogP contribution in [0.5, 0.6) is 0 Å². The van der Waals surface area contributed by atoms with Crippen LogP contribution in [-0.4, -0.2) is 24.8 Å². The molecule has 0 saturated carbocycles. The molecule has 0 unspecified atom stereocenters. The Kier molecular flexibility index (Phi) is 4.63. The molecule has 1 aromatic carbocycles. The first-order valence-electron chi connectivity index (χ1n) is 6.53. The Morgan fingerprint density at radius 1 is 1.12 bits per heavy atom. The lowest BCUT2D eigenvalue weighted by Gasteiger charge is -2.30. The van der Waals surface area contributed by atoms with E-state index in [1.165, 1.54) is 43.6 Å². The SMILES string of the molecule is OCCC=Cc1ccccc1N1CCCCC1. The van der Waals surface area contributed by atoms with E-state index in [9.17, 15) is 0 Å². The molecule has 0 atom stereocenters. The number of hydrogen-bond acceptors (Lipinski definition) is 2. The highest BCUT2D eigenvalue weighted by atomic mass is 16.2. The molecule has 0 amide bonds. The number of piperidine rings is 1. The van der Waals surface area contributed by atoms with E-state index in [2.05, 4.69) is 35.2 Å². The van der Waals surface area contributed by atoms with Gasteiger partial charge < -0.3 is 10.0 Å². The average Bonchev–Trinajstić information content (AvgIpc) is 2.41. The van der Waals surface area contributed by atoms with Crippen molar-refractivity contribution in [2.45, 2.75) is 25.7 Å². The quantitative estimate of drug-likeness (QED) is 0.861. The molecule has 1 heterocycles. The summed E-state index contributed by atoms with van der Waals surface area (Å²) in [5.41, 5.74) is 2.60. The number of benzene rings is 1. The van der Waals surface area contributed by atoms with Crippen LogP contribution in [0.3, 0.4) is 0 Å². The van der Waals surface area contributed by atoms with Gasteiger partial charge in [-0.05, 0) is 37.3 Å². The molecular formula is C15H21NO. The van der Waals surface area contributed by atoms with Gasteiger partial charge in [0, 0.05) is 25.4 Å². The topological polar surface area (TPSA) is 23.5 Å². The molecule has 0 bridgehead atoms. The van der Waals surface area contributed by atoms with Gasteiger partial charge in [-0.15, -0.1) is 0 Å². The van der Waals surface area contributed by atoms with E-state index < -0.39 is 0 Å². The molecule has 0 radical (unpaired) electrons. The van der Waals surface area contributed by atoms with E-state index in [1.807, 2.05) is 6.08 Å². The molecule has 1 aliphatic heterocycles. The third-order valence-corrected chi connectivity index (χ3v) is 3.23. The number of rotatable bonds is 4. The molecule has 2 heteroatoms. The second-order valence-electron chi connectivity index (χ2n) is 4.52. The number of aliphatic hydroxyl groups is 1. The van der Waals surface area contributed by atoms with Gasteiger partial charge in [-0.25, -0.2) is 0 Å². The highest BCUT2D eigenvalue weighted by molar-refractivity contribution is 5.67. The second kappa shape index (κ2) is 6.45. The molecule has 1 aliphatic rings. The summed E-state index contributed by atoms with van der Waals surface area (Å²) in [7, 11) is 0. The van der Waals surface area contributed by atoms with Crippen molar-refractivity contribution in [2.24, 2.45) is 0 Å². The first-order valence-corrected chi connectivity index (χ1v) is 6.53. The second-order valence-corrected chi connectivity index (χ2v) is 4.52. The highest BCUT2D eigenvalue weighted by Gasteiger charge is 2.12. The van der Waals surface area contributed by atoms with Crippen LogP contribution >= 0.6 is 0 Å². The fourth-order valence-corrected chi connectivity index (χ4v) is 2.34. The fraction of sp³-hybridized carbons (Fsp3) is 0.467. The van der Waals surface area contributed by atoms with E-state index in [0.29, 0.717) is 0 Å². The minimum atomic E-state index is 0.225. The van der Waals surface area contributed by atoms with Gasteiger partial charge in [0.25, 0.3) is 0 Å². The predicted molar refractivity (Wildman–Crippen MR) is 73.2 cm³/mol. The van der Waals surface area contributed by atoms with Crippen molar-refractivity contribution < 1.29 is 5.11 Å². The van der Waals surface area contributed by atoms with E-state index in [1.54, 1.807) is 0 Å². The zero-order valence-corrected chi connectivity index (χ0v) is 10.3. The summed E-state index contributed by atoms with van der Waals surface area (Å²) in [5, 5.41) is 8.80. The molecule has 0 aromatic heterocycles. The lowest BCUT2D eigenvalue weighted by Crippen LogP contribution is -2.29.